The zero-order chi connectivity index (χ0) is 23.6. The molecule has 3 aromatic rings. The molecule has 2 aromatic carbocycles. The lowest BCUT2D eigenvalue weighted by atomic mass is 9.94. The number of nitrogens with zero attached hydrogens (tertiary/aromatic N) is 2. The van der Waals surface area contributed by atoms with E-state index in [0.717, 1.165) is 42.5 Å². The smallest absolute Gasteiger partial charge is 0.264 e. The van der Waals surface area contributed by atoms with Gasteiger partial charge in [0.05, 0.1) is 4.88 Å². The van der Waals surface area contributed by atoms with Crippen LogP contribution in [0.15, 0.2) is 78.2 Å². The Kier molecular flexibility index (Phi) is 8.91. The molecule has 0 unspecified atom stereocenters. The molecule has 1 saturated carbocycles. The molecule has 1 fully saturated rings. The fourth-order valence-electron chi connectivity index (χ4n) is 4.76. The second kappa shape index (κ2) is 12.5. The minimum atomic E-state index is 0.0774. The van der Waals surface area contributed by atoms with Gasteiger partial charge in [0.25, 0.3) is 5.91 Å². The van der Waals surface area contributed by atoms with Crippen LogP contribution in [-0.4, -0.2) is 40.7 Å². The summed E-state index contributed by atoms with van der Waals surface area (Å²) in [7, 11) is 0. The van der Waals surface area contributed by atoms with Crippen molar-refractivity contribution in [1.29, 1.82) is 0 Å². The Morgan fingerprint density at radius 1 is 0.794 bits per heavy atom. The topological polar surface area (TPSA) is 40.6 Å². The quantitative estimate of drug-likeness (QED) is 0.352. The summed E-state index contributed by atoms with van der Waals surface area (Å²) in [6.07, 6.45) is 6.80. The van der Waals surface area contributed by atoms with Crippen LogP contribution in [-0.2, 0) is 17.8 Å². The number of hydrogen-bond acceptors (Lipinski definition) is 3. The first-order valence-corrected chi connectivity index (χ1v) is 13.3. The Bertz CT molecular complexity index is 1010. The molecule has 0 spiro atoms. The lowest BCUT2D eigenvalue weighted by Gasteiger charge is -2.34. The molecule has 4 nitrogen and oxygen atoms in total. The Balaban J connectivity index is 1.44. The monoisotopic (exact) mass is 474 g/mol. The maximum atomic E-state index is 13.5. The average Bonchev–Trinajstić information content (AvgIpc) is 3.43. The Morgan fingerprint density at radius 3 is 2.12 bits per heavy atom. The highest BCUT2D eigenvalue weighted by atomic mass is 32.1. The maximum absolute atomic E-state index is 13.5. The SMILES string of the molecule is O=C(CCN(C(=O)c1cccs1)C1CCCCC1)N(CCc1ccccc1)Cc1ccccc1. The summed E-state index contributed by atoms with van der Waals surface area (Å²) in [5, 5.41) is 1.95. The van der Waals surface area contributed by atoms with Gasteiger partial charge in [0, 0.05) is 32.1 Å². The van der Waals surface area contributed by atoms with E-state index in [2.05, 4.69) is 24.3 Å². The van der Waals surface area contributed by atoms with Crippen LogP contribution in [0.3, 0.4) is 0 Å². The summed E-state index contributed by atoms with van der Waals surface area (Å²) in [6, 6.07) is 24.5. The van der Waals surface area contributed by atoms with E-state index >= 15 is 0 Å². The first-order chi connectivity index (χ1) is 16.7. The van der Waals surface area contributed by atoms with Crippen LogP contribution >= 0.6 is 11.3 Å². The van der Waals surface area contributed by atoms with Crippen molar-refractivity contribution >= 4 is 23.2 Å². The first kappa shape index (κ1) is 24.2. The van der Waals surface area contributed by atoms with E-state index in [0.29, 0.717) is 26.1 Å². The van der Waals surface area contributed by atoms with Crippen molar-refractivity contribution in [2.45, 2.75) is 57.5 Å². The van der Waals surface area contributed by atoms with Crippen molar-refractivity contribution < 1.29 is 9.59 Å². The summed E-state index contributed by atoms with van der Waals surface area (Å²) in [5.41, 5.74) is 2.35. The van der Waals surface area contributed by atoms with E-state index in [1.807, 2.05) is 63.7 Å². The van der Waals surface area contributed by atoms with Crippen molar-refractivity contribution in [3.05, 3.63) is 94.2 Å². The van der Waals surface area contributed by atoms with Crippen LogP contribution < -0.4 is 0 Å². The van der Waals surface area contributed by atoms with E-state index in [1.165, 1.54) is 23.3 Å². The van der Waals surface area contributed by atoms with Crippen LogP contribution in [0, 0.1) is 0 Å². The molecule has 1 heterocycles. The minimum absolute atomic E-state index is 0.0774. The van der Waals surface area contributed by atoms with Crippen LogP contribution in [0.1, 0.15) is 59.3 Å². The van der Waals surface area contributed by atoms with Gasteiger partial charge in [-0.3, -0.25) is 9.59 Å². The molecule has 178 valence electrons. The normalized spacial score (nSPS) is 14.0. The molecule has 0 bridgehead atoms. The Morgan fingerprint density at radius 2 is 1.47 bits per heavy atom. The first-order valence-electron chi connectivity index (χ1n) is 12.4. The summed E-state index contributed by atoms with van der Waals surface area (Å²) < 4.78 is 0. The summed E-state index contributed by atoms with van der Waals surface area (Å²) in [6.45, 7) is 1.74. The third-order valence-corrected chi connectivity index (χ3v) is 7.51. The number of rotatable bonds is 10. The Hall–Kier alpha value is -2.92. The lowest BCUT2D eigenvalue weighted by Crippen LogP contribution is -2.43. The van der Waals surface area contributed by atoms with E-state index in [9.17, 15) is 9.59 Å². The van der Waals surface area contributed by atoms with Crippen molar-refractivity contribution in [3.8, 4) is 0 Å². The average molecular weight is 475 g/mol. The second-order valence-corrected chi connectivity index (χ2v) is 10.0. The van der Waals surface area contributed by atoms with Gasteiger partial charge in [-0.05, 0) is 41.8 Å². The predicted molar refractivity (Wildman–Crippen MR) is 139 cm³/mol. The van der Waals surface area contributed by atoms with Gasteiger partial charge in [0.1, 0.15) is 0 Å². The van der Waals surface area contributed by atoms with Crippen molar-refractivity contribution in [3.63, 3.8) is 0 Å². The van der Waals surface area contributed by atoms with Crippen LogP contribution in [0.5, 0.6) is 0 Å². The van der Waals surface area contributed by atoms with Gasteiger partial charge >= 0.3 is 0 Å². The largest absolute Gasteiger partial charge is 0.338 e. The molecule has 0 aliphatic heterocycles. The molecule has 1 aliphatic rings. The minimum Gasteiger partial charge on any atom is -0.338 e. The van der Waals surface area contributed by atoms with Gasteiger partial charge in [-0.2, -0.15) is 0 Å². The molecule has 1 aromatic heterocycles. The maximum Gasteiger partial charge on any atom is 0.264 e. The number of carbonyl (C=O) groups excluding carboxylic acids is 2. The molecule has 34 heavy (non-hydrogen) atoms. The number of hydrogen-bond donors (Lipinski definition) is 0. The van der Waals surface area contributed by atoms with Gasteiger partial charge < -0.3 is 9.80 Å². The van der Waals surface area contributed by atoms with E-state index in [1.54, 1.807) is 0 Å². The number of benzene rings is 2. The highest BCUT2D eigenvalue weighted by Crippen LogP contribution is 2.25. The number of carbonyl (C=O) groups is 2. The van der Waals surface area contributed by atoms with Crippen LogP contribution in [0.25, 0.3) is 0 Å². The third-order valence-electron chi connectivity index (χ3n) is 6.66. The van der Waals surface area contributed by atoms with Gasteiger partial charge in [-0.15, -0.1) is 11.3 Å². The molecular formula is C29H34N2O2S. The molecule has 0 N–H and O–H groups in total. The predicted octanol–water partition coefficient (Wildman–Crippen LogP) is 6.18. The highest BCUT2D eigenvalue weighted by Gasteiger charge is 2.28. The molecule has 0 saturated heterocycles. The van der Waals surface area contributed by atoms with Gasteiger partial charge in [0.15, 0.2) is 0 Å². The molecule has 0 radical (unpaired) electrons. The van der Waals surface area contributed by atoms with E-state index in [-0.39, 0.29) is 17.9 Å². The van der Waals surface area contributed by atoms with E-state index < -0.39 is 0 Å². The molecule has 0 atom stereocenters. The molecular weight excluding hydrogens is 440 g/mol. The standard InChI is InChI=1S/C29H34N2O2S/c32-28(19-21-31(26-15-8-3-9-16-26)29(33)27-17-10-22-34-27)30(23-25-13-6-2-7-14-25)20-18-24-11-4-1-5-12-24/h1-2,4-7,10-14,17,22,26H,3,8-9,15-16,18-21,23H2. The summed E-state index contributed by atoms with van der Waals surface area (Å²) >= 11 is 1.48. The second-order valence-electron chi connectivity index (χ2n) is 9.05. The number of amides is 2. The fraction of sp³-hybridized carbons (Fsp3) is 0.379. The molecule has 1 aliphatic carbocycles. The number of thiophene rings is 1. The molecule has 4 rings (SSSR count). The zero-order valence-electron chi connectivity index (χ0n) is 19.8. The van der Waals surface area contributed by atoms with Crippen LogP contribution in [0.4, 0.5) is 0 Å². The molecule has 5 heteroatoms. The Labute approximate surface area is 207 Å². The van der Waals surface area contributed by atoms with Crippen molar-refractivity contribution in [2.24, 2.45) is 0 Å². The van der Waals surface area contributed by atoms with Crippen molar-refractivity contribution in [1.82, 2.24) is 9.80 Å². The fourth-order valence-corrected chi connectivity index (χ4v) is 5.44. The van der Waals surface area contributed by atoms with Gasteiger partial charge in [-0.1, -0.05) is 86.0 Å². The van der Waals surface area contributed by atoms with E-state index in [4.69, 9.17) is 0 Å². The summed E-state index contributed by atoms with van der Waals surface area (Å²) in [5.74, 6) is 0.188. The summed E-state index contributed by atoms with van der Waals surface area (Å²) in [4.78, 5) is 31.5. The van der Waals surface area contributed by atoms with Crippen molar-refractivity contribution in [2.75, 3.05) is 13.1 Å². The van der Waals surface area contributed by atoms with Crippen LogP contribution in [0.2, 0.25) is 0 Å². The highest BCUT2D eigenvalue weighted by molar-refractivity contribution is 7.12. The molecule has 2 amide bonds. The zero-order valence-corrected chi connectivity index (χ0v) is 20.6. The van der Waals surface area contributed by atoms with Gasteiger partial charge in [0.2, 0.25) is 5.91 Å². The lowest BCUT2D eigenvalue weighted by molar-refractivity contribution is -0.132. The third kappa shape index (κ3) is 6.80. The van der Waals surface area contributed by atoms with Gasteiger partial charge in [-0.25, -0.2) is 0 Å².